The minimum Gasteiger partial charge on any atom is -0.322 e. The Labute approximate surface area is 171 Å². The van der Waals surface area contributed by atoms with Crippen molar-refractivity contribution in [3.63, 3.8) is 0 Å². The van der Waals surface area contributed by atoms with Gasteiger partial charge < -0.3 is 5.32 Å². The first-order valence-corrected chi connectivity index (χ1v) is 10.7. The molecule has 0 heterocycles. The van der Waals surface area contributed by atoms with E-state index in [2.05, 4.69) is 10.0 Å². The minimum atomic E-state index is -3.83. The minimum absolute atomic E-state index is 0.0393. The number of rotatable bonds is 5. The fraction of sp³-hybridized carbons (Fsp3) is 0.174. The van der Waals surface area contributed by atoms with E-state index in [1.807, 2.05) is 51.1 Å². The van der Waals surface area contributed by atoms with Gasteiger partial charge in [-0.3, -0.25) is 9.52 Å². The van der Waals surface area contributed by atoms with E-state index < -0.39 is 10.0 Å². The zero-order valence-electron chi connectivity index (χ0n) is 16.9. The van der Waals surface area contributed by atoms with Crippen molar-refractivity contribution in [2.45, 2.75) is 32.6 Å². The number of aryl methyl sites for hydroxylation is 4. The first-order chi connectivity index (χ1) is 13.7. The molecule has 0 fully saturated rings. The first-order valence-electron chi connectivity index (χ1n) is 9.25. The Hall–Kier alpha value is -3.12. The number of anilines is 2. The Kier molecular flexibility index (Phi) is 5.75. The highest BCUT2D eigenvalue weighted by Crippen LogP contribution is 2.23. The molecule has 150 valence electrons. The van der Waals surface area contributed by atoms with Crippen LogP contribution in [-0.2, 0) is 10.0 Å². The van der Waals surface area contributed by atoms with Crippen LogP contribution in [0.3, 0.4) is 0 Å². The highest BCUT2D eigenvalue weighted by molar-refractivity contribution is 7.92. The van der Waals surface area contributed by atoms with Crippen molar-refractivity contribution in [2.24, 2.45) is 0 Å². The number of amides is 1. The normalized spacial score (nSPS) is 11.2. The predicted molar refractivity (Wildman–Crippen MR) is 117 cm³/mol. The quantitative estimate of drug-likeness (QED) is 0.626. The number of carbonyl (C=O) groups excluding carboxylic acids is 1. The van der Waals surface area contributed by atoms with E-state index in [4.69, 9.17) is 0 Å². The summed E-state index contributed by atoms with van der Waals surface area (Å²) in [7, 11) is -3.83. The molecule has 6 heteroatoms. The van der Waals surface area contributed by atoms with Crippen molar-refractivity contribution in [3.8, 4) is 0 Å². The Bertz CT molecular complexity index is 1180. The number of benzene rings is 3. The number of para-hydroxylation sites is 1. The summed E-state index contributed by atoms with van der Waals surface area (Å²) in [5, 5.41) is 2.89. The van der Waals surface area contributed by atoms with Crippen LogP contribution < -0.4 is 10.0 Å². The van der Waals surface area contributed by atoms with Crippen LogP contribution in [0, 0.1) is 27.7 Å². The largest absolute Gasteiger partial charge is 0.322 e. The molecule has 5 nitrogen and oxygen atoms in total. The Morgan fingerprint density at radius 2 is 1.41 bits per heavy atom. The van der Waals surface area contributed by atoms with Gasteiger partial charge in [-0.15, -0.1) is 0 Å². The summed E-state index contributed by atoms with van der Waals surface area (Å²) in [6, 6.07) is 17.5. The molecule has 0 unspecified atom stereocenters. The van der Waals surface area contributed by atoms with Gasteiger partial charge in [0.1, 0.15) is 0 Å². The van der Waals surface area contributed by atoms with Crippen LogP contribution in [0.15, 0.2) is 65.6 Å². The second-order valence-electron chi connectivity index (χ2n) is 7.17. The zero-order valence-corrected chi connectivity index (χ0v) is 17.7. The summed E-state index contributed by atoms with van der Waals surface area (Å²) in [6.45, 7) is 7.47. The number of carbonyl (C=O) groups is 1. The van der Waals surface area contributed by atoms with Gasteiger partial charge in [-0.1, -0.05) is 36.4 Å². The van der Waals surface area contributed by atoms with Crippen molar-refractivity contribution in [2.75, 3.05) is 10.0 Å². The fourth-order valence-electron chi connectivity index (χ4n) is 2.96. The van der Waals surface area contributed by atoms with Gasteiger partial charge in [0.25, 0.3) is 15.9 Å². The van der Waals surface area contributed by atoms with Gasteiger partial charge in [-0.05, 0) is 74.2 Å². The van der Waals surface area contributed by atoms with Gasteiger partial charge in [0.05, 0.1) is 10.6 Å². The lowest BCUT2D eigenvalue weighted by Gasteiger charge is -2.14. The van der Waals surface area contributed by atoms with Crippen LogP contribution in [0.2, 0.25) is 0 Å². The van der Waals surface area contributed by atoms with Crippen LogP contribution in [0.1, 0.15) is 32.6 Å². The van der Waals surface area contributed by atoms with Gasteiger partial charge in [0.2, 0.25) is 0 Å². The molecule has 29 heavy (non-hydrogen) atoms. The molecule has 0 bridgehead atoms. The standard InChI is InChI=1S/C23H24N2O3S/c1-15-9-10-18(4)22(13-15)24-23(26)20-14-19(12-11-16(20)2)29(27,28)25-21-8-6-5-7-17(21)3/h5-14,25H,1-4H3,(H,24,26). The van der Waals surface area contributed by atoms with Crippen LogP contribution in [-0.4, -0.2) is 14.3 Å². The molecule has 0 radical (unpaired) electrons. The van der Waals surface area contributed by atoms with E-state index in [-0.39, 0.29) is 10.8 Å². The summed E-state index contributed by atoms with van der Waals surface area (Å²) in [5.74, 6) is -0.343. The molecule has 0 saturated heterocycles. The molecule has 0 aromatic heterocycles. The molecule has 0 aliphatic heterocycles. The number of hydrogen-bond acceptors (Lipinski definition) is 3. The molecule has 0 atom stereocenters. The summed E-state index contributed by atoms with van der Waals surface area (Å²) in [4.78, 5) is 12.9. The smallest absolute Gasteiger partial charge is 0.261 e. The predicted octanol–water partition coefficient (Wildman–Crippen LogP) is 4.97. The van der Waals surface area contributed by atoms with Gasteiger partial charge in [0.15, 0.2) is 0 Å². The lowest BCUT2D eigenvalue weighted by molar-refractivity contribution is 0.102. The van der Waals surface area contributed by atoms with Crippen molar-refractivity contribution in [1.29, 1.82) is 0 Å². The summed E-state index contributed by atoms with van der Waals surface area (Å²) < 4.78 is 28.3. The van der Waals surface area contributed by atoms with Gasteiger partial charge in [0, 0.05) is 11.3 Å². The third kappa shape index (κ3) is 4.66. The first kappa shape index (κ1) is 20.6. The monoisotopic (exact) mass is 408 g/mol. The Morgan fingerprint density at radius 3 is 2.14 bits per heavy atom. The van der Waals surface area contributed by atoms with Crippen molar-refractivity contribution in [3.05, 3.63) is 88.5 Å². The molecule has 0 aliphatic rings. The molecule has 2 N–H and O–H groups in total. The fourth-order valence-corrected chi connectivity index (χ4v) is 4.12. The summed E-state index contributed by atoms with van der Waals surface area (Å²) >= 11 is 0. The third-order valence-electron chi connectivity index (χ3n) is 4.79. The van der Waals surface area contributed by atoms with Gasteiger partial charge in [-0.25, -0.2) is 8.42 Å². The molecule has 0 saturated carbocycles. The Morgan fingerprint density at radius 1 is 0.759 bits per heavy atom. The van der Waals surface area contributed by atoms with Crippen molar-refractivity contribution >= 4 is 27.3 Å². The average molecular weight is 409 g/mol. The highest BCUT2D eigenvalue weighted by Gasteiger charge is 2.19. The second kappa shape index (κ2) is 8.09. The average Bonchev–Trinajstić information content (AvgIpc) is 2.66. The molecule has 3 rings (SSSR count). The lowest BCUT2D eigenvalue weighted by atomic mass is 10.1. The maximum absolute atomic E-state index is 12.9. The lowest BCUT2D eigenvalue weighted by Crippen LogP contribution is -2.17. The molecule has 0 spiro atoms. The van der Waals surface area contributed by atoms with E-state index in [1.54, 1.807) is 25.1 Å². The summed E-state index contributed by atoms with van der Waals surface area (Å²) in [5.41, 5.74) is 5.01. The van der Waals surface area contributed by atoms with E-state index in [9.17, 15) is 13.2 Å². The second-order valence-corrected chi connectivity index (χ2v) is 8.85. The van der Waals surface area contributed by atoms with Crippen LogP contribution in [0.25, 0.3) is 0 Å². The number of nitrogens with one attached hydrogen (secondary N) is 2. The molecule has 1 amide bonds. The molecular formula is C23H24N2O3S. The number of hydrogen-bond donors (Lipinski definition) is 2. The molecule has 3 aromatic carbocycles. The molecular weight excluding hydrogens is 384 g/mol. The maximum Gasteiger partial charge on any atom is 0.261 e. The SMILES string of the molecule is Cc1ccc(C)c(NC(=O)c2cc(S(=O)(=O)Nc3ccccc3C)ccc2C)c1. The number of sulfonamides is 1. The van der Waals surface area contributed by atoms with Crippen molar-refractivity contribution in [1.82, 2.24) is 0 Å². The van der Waals surface area contributed by atoms with Crippen LogP contribution >= 0.6 is 0 Å². The van der Waals surface area contributed by atoms with Crippen LogP contribution in [0.4, 0.5) is 11.4 Å². The van der Waals surface area contributed by atoms with Crippen LogP contribution in [0.5, 0.6) is 0 Å². The van der Waals surface area contributed by atoms with Gasteiger partial charge >= 0.3 is 0 Å². The van der Waals surface area contributed by atoms with E-state index in [0.717, 1.165) is 16.7 Å². The van der Waals surface area contributed by atoms with E-state index >= 15 is 0 Å². The van der Waals surface area contributed by atoms with E-state index in [1.165, 1.54) is 12.1 Å². The Balaban J connectivity index is 1.92. The summed E-state index contributed by atoms with van der Waals surface area (Å²) in [6.07, 6.45) is 0. The molecule has 0 aliphatic carbocycles. The maximum atomic E-state index is 12.9. The van der Waals surface area contributed by atoms with E-state index in [0.29, 0.717) is 22.5 Å². The topological polar surface area (TPSA) is 75.3 Å². The zero-order chi connectivity index (χ0) is 21.2. The molecule has 3 aromatic rings. The highest BCUT2D eigenvalue weighted by atomic mass is 32.2. The van der Waals surface area contributed by atoms with Crippen molar-refractivity contribution < 1.29 is 13.2 Å². The van der Waals surface area contributed by atoms with Gasteiger partial charge in [-0.2, -0.15) is 0 Å². The third-order valence-corrected chi connectivity index (χ3v) is 6.16.